The maximum absolute atomic E-state index is 5.81. The minimum Gasteiger partial charge on any atom is -0.414 e. The van der Waals surface area contributed by atoms with E-state index in [4.69, 9.17) is 4.43 Å². The molecule has 0 bridgehead atoms. The molecule has 1 rings (SSSR count). The second-order valence-corrected chi connectivity index (χ2v) is 9.12. The Bertz CT molecular complexity index is 302. The molecule has 14 heavy (non-hydrogen) atoms. The highest BCUT2D eigenvalue weighted by Gasteiger charge is 2.15. The van der Waals surface area contributed by atoms with E-state index in [0.717, 1.165) is 13.2 Å². The number of imidazole rings is 1. The molecule has 1 aromatic heterocycles. The van der Waals surface area contributed by atoms with Gasteiger partial charge in [-0.25, -0.2) is 9.13 Å². The van der Waals surface area contributed by atoms with Crippen molar-refractivity contribution in [1.82, 2.24) is 4.57 Å². The van der Waals surface area contributed by atoms with Crippen molar-refractivity contribution < 1.29 is 8.99 Å². The van der Waals surface area contributed by atoms with Crippen LogP contribution in [0, 0.1) is 6.92 Å². The third kappa shape index (κ3) is 3.27. The van der Waals surface area contributed by atoms with Gasteiger partial charge >= 0.3 is 0 Å². The van der Waals surface area contributed by atoms with E-state index in [1.807, 2.05) is 0 Å². The van der Waals surface area contributed by atoms with Gasteiger partial charge in [0.15, 0.2) is 8.32 Å². The van der Waals surface area contributed by atoms with E-state index >= 15 is 0 Å². The monoisotopic (exact) mass is 213 g/mol. The zero-order valence-corrected chi connectivity index (χ0v) is 10.9. The van der Waals surface area contributed by atoms with Crippen molar-refractivity contribution in [3.63, 3.8) is 0 Å². The largest absolute Gasteiger partial charge is 0.414 e. The molecule has 0 atom stereocenters. The van der Waals surface area contributed by atoms with Crippen LogP contribution in [-0.4, -0.2) is 19.5 Å². The Balaban J connectivity index is 2.43. The molecule has 0 aliphatic heterocycles. The minimum atomic E-state index is -1.34. The average Bonchev–Trinajstić information content (AvgIpc) is 2.33. The predicted molar refractivity (Wildman–Crippen MR) is 59.6 cm³/mol. The lowest BCUT2D eigenvalue weighted by atomic mass is 10.6. The first kappa shape index (κ1) is 11.5. The van der Waals surface area contributed by atoms with Gasteiger partial charge in [-0.2, -0.15) is 0 Å². The lowest BCUT2D eigenvalue weighted by Gasteiger charge is -2.16. The van der Waals surface area contributed by atoms with Gasteiger partial charge in [0, 0.05) is 6.92 Å². The van der Waals surface area contributed by atoms with E-state index in [9.17, 15) is 0 Å². The normalized spacial score (nSPS) is 12.1. The lowest BCUT2D eigenvalue weighted by molar-refractivity contribution is -0.677. The summed E-state index contributed by atoms with van der Waals surface area (Å²) in [6.07, 6.45) is 4.17. The SMILES string of the molecule is Cc1n(CCO[Si](C)(C)C)cc[n+]1C. The van der Waals surface area contributed by atoms with E-state index in [0.29, 0.717) is 0 Å². The Kier molecular flexibility index (Phi) is 3.50. The van der Waals surface area contributed by atoms with Crippen molar-refractivity contribution in [3.8, 4) is 0 Å². The van der Waals surface area contributed by atoms with Gasteiger partial charge in [0.05, 0.1) is 13.7 Å². The summed E-state index contributed by atoms with van der Waals surface area (Å²) >= 11 is 0. The van der Waals surface area contributed by atoms with Crippen LogP contribution in [0.25, 0.3) is 0 Å². The second-order valence-electron chi connectivity index (χ2n) is 4.61. The molecule has 0 amide bonds. The second kappa shape index (κ2) is 4.27. The molecule has 0 spiro atoms. The van der Waals surface area contributed by atoms with Gasteiger partial charge in [-0.15, -0.1) is 0 Å². The number of hydrogen-bond donors (Lipinski definition) is 0. The van der Waals surface area contributed by atoms with Crippen LogP contribution < -0.4 is 4.57 Å². The fraction of sp³-hybridized carbons (Fsp3) is 0.700. The summed E-state index contributed by atoms with van der Waals surface area (Å²) in [7, 11) is 0.719. The van der Waals surface area contributed by atoms with Crippen LogP contribution in [0.2, 0.25) is 19.6 Å². The van der Waals surface area contributed by atoms with Gasteiger partial charge in [-0.1, -0.05) is 0 Å². The quantitative estimate of drug-likeness (QED) is 0.547. The van der Waals surface area contributed by atoms with Crippen LogP contribution in [0.1, 0.15) is 5.82 Å². The lowest BCUT2D eigenvalue weighted by Crippen LogP contribution is -2.31. The van der Waals surface area contributed by atoms with Gasteiger partial charge in [-0.05, 0) is 19.6 Å². The highest BCUT2D eigenvalue weighted by molar-refractivity contribution is 6.69. The molecular formula is C10H21N2OSi+. The molecule has 0 aliphatic carbocycles. The van der Waals surface area contributed by atoms with Crippen LogP contribution in [0.3, 0.4) is 0 Å². The van der Waals surface area contributed by atoms with Crippen LogP contribution in [-0.2, 0) is 18.0 Å². The topological polar surface area (TPSA) is 18.0 Å². The van der Waals surface area contributed by atoms with Gasteiger partial charge in [0.25, 0.3) is 5.82 Å². The number of rotatable bonds is 4. The van der Waals surface area contributed by atoms with Crippen molar-refractivity contribution in [3.05, 3.63) is 18.2 Å². The zero-order valence-electron chi connectivity index (χ0n) is 9.87. The van der Waals surface area contributed by atoms with Gasteiger partial charge in [-0.3, -0.25) is 0 Å². The summed E-state index contributed by atoms with van der Waals surface area (Å²) in [5.41, 5.74) is 0. The number of nitrogens with zero attached hydrogens (tertiary/aromatic N) is 2. The third-order valence-electron chi connectivity index (χ3n) is 2.26. The third-order valence-corrected chi connectivity index (χ3v) is 3.33. The first-order chi connectivity index (χ1) is 6.40. The van der Waals surface area contributed by atoms with Gasteiger partial charge < -0.3 is 4.43 Å². The molecular weight excluding hydrogens is 192 g/mol. The molecule has 4 heteroatoms. The maximum Gasteiger partial charge on any atom is 0.253 e. The fourth-order valence-corrected chi connectivity index (χ4v) is 1.99. The molecule has 3 nitrogen and oxygen atoms in total. The van der Waals surface area contributed by atoms with Gasteiger partial charge in [0.2, 0.25) is 0 Å². The summed E-state index contributed by atoms with van der Waals surface area (Å²) in [4.78, 5) is 0. The van der Waals surface area contributed by atoms with E-state index in [-0.39, 0.29) is 0 Å². The Morgan fingerprint density at radius 1 is 1.43 bits per heavy atom. The summed E-state index contributed by atoms with van der Waals surface area (Å²) < 4.78 is 10.1. The average molecular weight is 213 g/mol. The molecule has 0 saturated heterocycles. The van der Waals surface area contributed by atoms with E-state index in [2.05, 4.69) is 55.1 Å². The van der Waals surface area contributed by atoms with E-state index < -0.39 is 8.32 Å². The molecule has 1 aromatic rings. The Labute approximate surface area is 87.5 Å². The van der Waals surface area contributed by atoms with Crippen molar-refractivity contribution in [2.75, 3.05) is 6.61 Å². The fourth-order valence-electron chi connectivity index (χ4n) is 1.29. The Hall–Kier alpha value is -0.613. The summed E-state index contributed by atoms with van der Waals surface area (Å²) in [5.74, 6) is 1.27. The summed E-state index contributed by atoms with van der Waals surface area (Å²) in [5, 5.41) is 0. The molecule has 1 heterocycles. The molecule has 80 valence electrons. The molecule has 0 N–H and O–H groups in total. The number of aryl methyl sites for hydroxylation is 1. The highest BCUT2D eigenvalue weighted by Crippen LogP contribution is 2.02. The predicted octanol–water partition coefficient (Wildman–Crippen LogP) is 1.47. The van der Waals surface area contributed by atoms with Gasteiger partial charge in [0.1, 0.15) is 18.9 Å². The van der Waals surface area contributed by atoms with Crippen molar-refractivity contribution in [2.24, 2.45) is 7.05 Å². The summed E-state index contributed by atoms with van der Waals surface area (Å²) in [6.45, 7) is 10.6. The maximum atomic E-state index is 5.81. The van der Waals surface area contributed by atoms with Crippen molar-refractivity contribution in [2.45, 2.75) is 33.1 Å². The highest BCUT2D eigenvalue weighted by atomic mass is 28.4. The molecule has 0 fully saturated rings. The minimum absolute atomic E-state index is 0.825. The molecule has 0 unspecified atom stereocenters. The molecule has 0 aromatic carbocycles. The first-order valence-electron chi connectivity index (χ1n) is 5.05. The molecule has 0 saturated carbocycles. The molecule has 0 radical (unpaired) electrons. The molecule has 0 aliphatic rings. The van der Waals surface area contributed by atoms with Crippen molar-refractivity contribution >= 4 is 8.32 Å². The number of aromatic nitrogens is 2. The Morgan fingerprint density at radius 3 is 2.50 bits per heavy atom. The zero-order chi connectivity index (χ0) is 10.8. The summed E-state index contributed by atoms with van der Waals surface area (Å²) in [6, 6.07) is 0. The number of hydrogen-bond acceptors (Lipinski definition) is 1. The van der Waals surface area contributed by atoms with Crippen molar-refractivity contribution in [1.29, 1.82) is 0 Å². The van der Waals surface area contributed by atoms with Crippen LogP contribution in [0.15, 0.2) is 12.4 Å². The van der Waals surface area contributed by atoms with Crippen LogP contribution in [0.5, 0.6) is 0 Å². The van der Waals surface area contributed by atoms with Crippen LogP contribution >= 0.6 is 0 Å². The van der Waals surface area contributed by atoms with Crippen LogP contribution in [0.4, 0.5) is 0 Å². The standard InChI is InChI=1S/C10H21N2OSi/c1-10-11(2)6-7-12(10)8-9-13-14(3,4)5/h6-7H,8-9H2,1-5H3/q+1. The first-order valence-corrected chi connectivity index (χ1v) is 8.46. The van der Waals surface area contributed by atoms with E-state index in [1.54, 1.807) is 0 Å². The smallest absolute Gasteiger partial charge is 0.253 e. The van der Waals surface area contributed by atoms with E-state index in [1.165, 1.54) is 5.82 Å². The Morgan fingerprint density at radius 2 is 2.07 bits per heavy atom.